The molecule has 0 radical (unpaired) electrons. The minimum Gasteiger partial charge on any atom is -0.756 e. The van der Waals surface area contributed by atoms with Gasteiger partial charge in [0.15, 0.2) is 6.29 Å². The number of carbonyl (C=O) groups is 1. The summed E-state index contributed by atoms with van der Waals surface area (Å²) in [4.78, 5) is 27.7. The number of hydrogen-bond donors (Lipinski definition) is 3. The Kier molecular flexibility index (Phi) is 8.76. The predicted octanol–water partition coefficient (Wildman–Crippen LogP) is -5.61. The van der Waals surface area contributed by atoms with Gasteiger partial charge in [0.05, 0.1) is 6.61 Å². The summed E-state index contributed by atoms with van der Waals surface area (Å²) >= 11 is 0. The Balaban J connectivity index is 0. The molecule has 3 atom stereocenters. The molecular weight excluding hydrogens is 214 g/mol. The van der Waals surface area contributed by atoms with Crippen LogP contribution in [0.15, 0.2) is 0 Å². The molecule has 3 unspecified atom stereocenters. The SMILES string of the molecule is O=CC(O)C(O)COP(=O)([O-])O.[Na+]. The molecule has 0 rings (SSSR count). The molecule has 0 aromatic rings. The van der Waals surface area contributed by atoms with Gasteiger partial charge in [0, 0.05) is 0 Å². The molecule has 0 aliphatic heterocycles. The Morgan fingerprint density at radius 2 is 2.00 bits per heavy atom. The maximum Gasteiger partial charge on any atom is 1.00 e. The van der Waals surface area contributed by atoms with Crippen molar-refractivity contribution in [1.29, 1.82) is 0 Å². The summed E-state index contributed by atoms with van der Waals surface area (Å²) in [5, 5.41) is 17.3. The first-order valence-corrected chi connectivity index (χ1v) is 4.36. The molecule has 0 spiro atoms. The van der Waals surface area contributed by atoms with Gasteiger partial charge >= 0.3 is 29.6 Å². The number of rotatable bonds is 5. The van der Waals surface area contributed by atoms with Crippen LogP contribution in [0, 0.1) is 0 Å². The van der Waals surface area contributed by atoms with Crippen LogP contribution in [-0.4, -0.2) is 40.2 Å². The van der Waals surface area contributed by atoms with Gasteiger partial charge in [-0.05, 0) is 0 Å². The summed E-state index contributed by atoms with van der Waals surface area (Å²) in [5.74, 6) is 0. The van der Waals surface area contributed by atoms with Gasteiger partial charge < -0.3 is 29.3 Å². The van der Waals surface area contributed by atoms with E-state index in [1.165, 1.54) is 0 Å². The molecular formula is C4H8NaO7P. The summed E-state index contributed by atoms with van der Waals surface area (Å²) in [7, 11) is -4.91. The normalized spacial score (nSPS) is 19.4. The standard InChI is InChI=1S/C4H9O7P.Na/c5-1-3(6)4(7)2-11-12(8,9)10;/h1,3-4,6-7H,2H2,(H2,8,9,10);/q;+1/p-1. The van der Waals surface area contributed by atoms with Crippen molar-refractivity contribution in [2.24, 2.45) is 0 Å². The summed E-state index contributed by atoms with van der Waals surface area (Å²) in [5.41, 5.74) is 0. The molecule has 0 saturated carbocycles. The Labute approximate surface area is 96.2 Å². The molecule has 7 nitrogen and oxygen atoms in total. The molecule has 0 amide bonds. The first kappa shape index (κ1) is 16.1. The van der Waals surface area contributed by atoms with Gasteiger partial charge in [-0.3, -0.25) is 4.57 Å². The van der Waals surface area contributed by atoms with Gasteiger partial charge in [0.2, 0.25) is 0 Å². The van der Waals surface area contributed by atoms with E-state index < -0.39 is 26.6 Å². The van der Waals surface area contributed by atoms with Gasteiger partial charge in [-0.1, -0.05) is 0 Å². The van der Waals surface area contributed by atoms with Crippen molar-refractivity contribution in [1.82, 2.24) is 0 Å². The zero-order valence-corrected chi connectivity index (χ0v) is 9.76. The van der Waals surface area contributed by atoms with Gasteiger partial charge in [-0.15, -0.1) is 0 Å². The van der Waals surface area contributed by atoms with Gasteiger partial charge in [0.25, 0.3) is 7.82 Å². The molecule has 0 aliphatic rings. The fourth-order valence-corrected chi connectivity index (χ4v) is 0.701. The number of carbonyl (C=O) groups excluding carboxylic acids is 1. The number of aldehydes is 1. The van der Waals surface area contributed by atoms with Crippen LogP contribution in [-0.2, 0) is 13.9 Å². The monoisotopic (exact) mass is 222 g/mol. The van der Waals surface area contributed by atoms with Crippen LogP contribution >= 0.6 is 7.82 Å². The summed E-state index contributed by atoms with van der Waals surface area (Å²) in [6.07, 6.45) is -3.38. The van der Waals surface area contributed by atoms with Gasteiger partial charge in [0.1, 0.15) is 12.2 Å². The van der Waals surface area contributed by atoms with Gasteiger partial charge in [-0.25, -0.2) is 0 Å². The average molecular weight is 222 g/mol. The third-order valence-electron chi connectivity index (χ3n) is 0.942. The molecule has 72 valence electrons. The third-order valence-corrected chi connectivity index (χ3v) is 1.42. The smallest absolute Gasteiger partial charge is 0.756 e. The molecule has 3 N–H and O–H groups in total. The number of phosphoric acid groups is 1. The summed E-state index contributed by atoms with van der Waals surface area (Å²) < 4.78 is 13.6. The van der Waals surface area contributed by atoms with Crippen molar-refractivity contribution in [3.63, 3.8) is 0 Å². The predicted molar refractivity (Wildman–Crippen MR) is 33.9 cm³/mol. The van der Waals surface area contributed by atoms with Crippen LogP contribution in [0.1, 0.15) is 0 Å². The van der Waals surface area contributed by atoms with Crippen LogP contribution in [0.5, 0.6) is 0 Å². The quantitative estimate of drug-likeness (QED) is 0.240. The van der Waals surface area contributed by atoms with Crippen LogP contribution in [0.4, 0.5) is 0 Å². The minimum atomic E-state index is -4.91. The second kappa shape index (κ2) is 7.05. The first-order valence-electron chi connectivity index (χ1n) is 2.86. The minimum absolute atomic E-state index is 0. The summed E-state index contributed by atoms with van der Waals surface area (Å²) in [6, 6.07) is 0. The number of aliphatic hydroxyl groups excluding tert-OH is 2. The van der Waals surface area contributed by atoms with Crippen LogP contribution in [0.25, 0.3) is 0 Å². The first-order chi connectivity index (χ1) is 5.37. The second-order valence-corrected chi connectivity index (χ2v) is 3.15. The largest absolute Gasteiger partial charge is 1.00 e. The van der Waals surface area contributed by atoms with Gasteiger partial charge in [-0.2, -0.15) is 0 Å². The molecule has 0 saturated heterocycles. The van der Waals surface area contributed by atoms with Crippen molar-refractivity contribution in [3.8, 4) is 0 Å². The maximum atomic E-state index is 9.93. The van der Waals surface area contributed by atoms with Crippen molar-refractivity contribution in [2.75, 3.05) is 6.61 Å². The number of phosphoric ester groups is 1. The van der Waals surface area contributed by atoms with E-state index in [1.807, 2.05) is 0 Å². The number of aliphatic hydroxyl groups is 2. The molecule has 0 heterocycles. The van der Waals surface area contributed by atoms with Crippen molar-refractivity contribution in [3.05, 3.63) is 0 Å². The maximum absolute atomic E-state index is 9.93. The third kappa shape index (κ3) is 9.01. The number of hydrogen-bond acceptors (Lipinski definition) is 6. The van der Waals surface area contributed by atoms with Crippen LogP contribution in [0.3, 0.4) is 0 Å². The van der Waals surface area contributed by atoms with Crippen LogP contribution < -0.4 is 34.5 Å². The van der Waals surface area contributed by atoms with Crippen molar-refractivity contribution < 1.29 is 63.4 Å². The van der Waals surface area contributed by atoms with E-state index in [1.54, 1.807) is 0 Å². The topological polar surface area (TPSA) is 127 Å². The zero-order valence-electron chi connectivity index (χ0n) is 6.86. The molecule has 0 aliphatic carbocycles. The summed E-state index contributed by atoms with van der Waals surface area (Å²) in [6.45, 7) is -0.864. The fourth-order valence-electron chi connectivity index (χ4n) is 0.360. The van der Waals surface area contributed by atoms with E-state index in [4.69, 9.17) is 15.1 Å². The Morgan fingerprint density at radius 3 is 2.31 bits per heavy atom. The van der Waals surface area contributed by atoms with E-state index in [-0.39, 0.29) is 35.8 Å². The second-order valence-electron chi connectivity index (χ2n) is 1.96. The van der Waals surface area contributed by atoms with Crippen molar-refractivity contribution in [2.45, 2.75) is 12.2 Å². The average Bonchev–Trinajstić information content (AvgIpc) is 1.97. The molecule has 0 aromatic heterocycles. The fraction of sp³-hybridized carbons (Fsp3) is 0.750. The molecule has 0 aromatic carbocycles. The Hall–Kier alpha value is 0.700. The Bertz CT molecular complexity index is 191. The van der Waals surface area contributed by atoms with E-state index >= 15 is 0 Å². The molecule has 0 bridgehead atoms. The van der Waals surface area contributed by atoms with E-state index in [0.717, 1.165) is 0 Å². The van der Waals surface area contributed by atoms with E-state index in [9.17, 15) is 14.3 Å². The molecule has 9 heteroatoms. The molecule has 0 fully saturated rings. The van der Waals surface area contributed by atoms with E-state index in [0.29, 0.717) is 0 Å². The van der Waals surface area contributed by atoms with E-state index in [2.05, 4.69) is 4.52 Å². The van der Waals surface area contributed by atoms with Crippen molar-refractivity contribution >= 4 is 14.1 Å². The molecule has 13 heavy (non-hydrogen) atoms. The zero-order chi connectivity index (χ0) is 9.78. The Morgan fingerprint density at radius 1 is 1.54 bits per heavy atom. The van der Waals surface area contributed by atoms with Crippen LogP contribution in [0.2, 0.25) is 0 Å².